The molecule has 3 nitrogen and oxygen atoms in total. The predicted molar refractivity (Wildman–Crippen MR) is 105 cm³/mol. The summed E-state index contributed by atoms with van der Waals surface area (Å²) in [5.74, 6) is 0.519. The lowest BCUT2D eigenvalue weighted by Crippen LogP contribution is -2.32. The number of hydrogen-bond acceptors (Lipinski definition) is 2. The molecule has 2 rings (SSSR count). The lowest BCUT2D eigenvalue weighted by atomic mass is 9.87. The van der Waals surface area contributed by atoms with Gasteiger partial charge in [0.1, 0.15) is 5.75 Å². The number of rotatable bonds is 5. The fourth-order valence-electron chi connectivity index (χ4n) is 2.48. The van der Waals surface area contributed by atoms with Gasteiger partial charge in [0.15, 0.2) is 6.10 Å². The lowest BCUT2D eigenvalue weighted by Gasteiger charge is -2.21. The second-order valence-corrected chi connectivity index (χ2v) is 7.60. The second kappa shape index (κ2) is 7.92. The highest BCUT2D eigenvalue weighted by Gasteiger charge is 2.20. The van der Waals surface area contributed by atoms with Gasteiger partial charge in [-0.1, -0.05) is 57.5 Å². The van der Waals surface area contributed by atoms with Crippen LogP contribution in [0.25, 0.3) is 0 Å². The maximum absolute atomic E-state index is 12.6. The molecule has 0 aliphatic carbocycles. The van der Waals surface area contributed by atoms with Crippen molar-refractivity contribution >= 4 is 23.2 Å². The molecule has 1 atom stereocenters. The zero-order valence-corrected chi connectivity index (χ0v) is 16.3. The van der Waals surface area contributed by atoms with Crippen molar-refractivity contribution in [2.75, 3.05) is 5.32 Å². The Kier molecular flexibility index (Phi) is 6.12. The Hall–Kier alpha value is -2.00. The Morgan fingerprint density at radius 2 is 1.80 bits per heavy atom. The van der Waals surface area contributed by atoms with E-state index >= 15 is 0 Å². The maximum Gasteiger partial charge on any atom is 0.265 e. The smallest absolute Gasteiger partial charge is 0.265 e. The van der Waals surface area contributed by atoms with Gasteiger partial charge in [-0.05, 0) is 54.2 Å². The normalized spacial score (nSPS) is 12.6. The molecule has 2 aromatic carbocycles. The molecule has 2 aromatic rings. The summed E-state index contributed by atoms with van der Waals surface area (Å²) in [5, 5.41) is 3.54. The van der Waals surface area contributed by atoms with Crippen LogP contribution in [0.4, 0.5) is 5.69 Å². The first-order valence-corrected chi connectivity index (χ1v) is 8.93. The second-order valence-electron chi connectivity index (χ2n) is 7.19. The van der Waals surface area contributed by atoms with Gasteiger partial charge in [-0.3, -0.25) is 4.79 Å². The topological polar surface area (TPSA) is 38.3 Å². The van der Waals surface area contributed by atoms with Gasteiger partial charge in [-0.25, -0.2) is 0 Å². The van der Waals surface area contributed by atoms with Crippen molar-refractivity contribution in [2.24, 2.45) is 0 Å². The predicted octanol–water partition coefficient (Wildman–Crippen LogP) is 5.74. The van der Waals surface area contributed by atoms with Crippen molar-refractivity contribution in [3.05, 3.63) is 58.6 Å². The number of amides is 1. The van der Waals surface area contributed by atoms with Crippen molar-refractivity contribution in [3.63, 3.8) is 0 Å². The molecule has 0 unspecified atom stereocenters. The van der Waals surface area contributed by atoms with Crippen LogP contribution in [0, 0.1) is 6.92 Å². The number of nitrogens with one attached hydrogen (secondary N) is 1. The first-order valence-electron chi connectivity index (χ1n) is 8.55. The van der Waals surface area contributed by atoms with Gasteiger partial charge in [-0.15, -0.1) is 0 Å². The van der Waals surface area contributed by atoms with Crippen molar-refractivity contribution in [3.8, 4) is 5.75 Å². The van der Waals surface area contributed by atoms with E-state index in [0.717, 1.165) is 5.56 Å². The average molecular weight is 360 g/mol. The van der Waals surface area contributed by atoms with E-state index in [1.807, 2.05) is 50.2 Å². The molecule has 0 aromatic heterocycles. The average Bonchev–Trinajstić information content (AvgIpc) is 2.56. The van der Waals surface area contributed by atoms with Gasteiger partial charge in [0.2, 0.25) is 0 Å². The third-order valence-electron chi connectivity index (χ3n) is 4.19. The molecule has 0 saturated heterocycles. The molecule has 1 amide bonds. The van der Waals surface area contributed by atoms with Crippen LogP contribution in [0.2, 0.25) is 5.02 Å². The quantitative estimate of drug-likeness (QED) is 0.738. The maximum atomic E-state index is 12.6. The lowest BCUT2D eigenvalue weighted by molar-refractivity contribution is -0.122. The molecule has 0 aliphatic heterocycles. The minimum absolute atomic E-state index is 0.0875. The van der Waals surface area contributed by atoms with Gasteiger partial charge in [-0.2, -0.15) is 0 Å². The summed E-state index contributed by atoms with van der Waals surface area (Å²) in [7, 11) is 0. The molecule has 0 radical (unpaired) electrons. The van der Waals surface area contributed by atoms with Crippen molar-refractivity contribution < 1.29 is 9.53 Å². The minimum atomic E-state index is -0.557. The van der Waals surface area contributed by atoms with Gasteiger partial charge in [0.25, 0.3) is 5.91 Å². The van der Waals surface area contributed by atoms with Gasteiger partial charge in [0, 0.05) is 10.7 Å². The fraction of sp³-hybridized carbons (Fsp3) is 0.381. The summed E-state index contributed by atoms with van der Waals surface area (Å²) in [6.07, 6.45) is 0.0193. The van der Waals surface area contributed by atoms with E-state index in [1.165, 1.54) is 5.56 Å². The number of halogens is 1. The Morgan fingerprint density at radius 1 is 1.16 bits per heavy atom. The molecule has 134 valence electrons. The molecule has 0 spiro atoms. The van der Waals surface area contributed by atoms with Crippen molar-refractivity contribution in [1.82, 2.24) is 0 Å². The number of ether oxygens (including phenoxy) is 1. The standard InChI is InChI=1S/C21H26ClNO2/c1-6-19(20(24)23-18-9-7-8-17(22)14(18)2)25-16-12-10-15(11-13-16)21(3,4)5/h7-13,19H,6H2,1-5H3,(H,23,24)/t19-/m1/s1. The van der Waals surface area contributed by atoms with Gasteiger partial charge >= 0.3 is 0 Å². The number of carbonyl (C=O) groups is 1. The summed E-state index contributed by atoms with van der Waals surface area (Å²) < 4.78 is 5.89. The van der Waals surface area contributed by atoms with E-state index in [-0.39, 0.29) is 11.3 Å². The van der Waals surface area contributed by atoms with Crippen molar-refractivity contribution in [2.45, 2.75) is 52.6 Å². The van der Waals surface area contributed by atoms with E-state index in [9.17, 15) is 4.79 Å². The van der Waals surface area contributed by atoms with E-state index in [0.29, 0.717) is 22.9 Å². The number of anilines is 1. The summed E-state index contributed by atoms with van der Waals surface area (Å²) in [6, 6.07) is 13.4. The van der Waals surface area contributed by atoms with E-state index in [4.69, 9.17) is 16.3 Å². The first-order chi connectivity index (χ1) is 11.7. The Balaban J connectivity index is 2.09. The highest BCUT2D eigenvalue weighted by atomic mass is 35.5. The molecule has 0 aliphatic rings. The van der Waals surface area contributed by atoms with Gasteiger partial charge in [0.05, 0.1) is 0 Å². The summed E-state index contributed by atoms with van der Waals surface area (Å²) in [4.78, 5) is 12.6. The Labute approximate surface area is 155 Å². The monoisotopic (exact) mass is 359 g/mol. The molecule has 25 heavy (non-hydrogen) atoms. The van der Waals surface area contributed by atoms with Crippen LogP contribution in [0.15, 0.2) is 42.5 Å². The molecule has 0 saturated carbocycles. The zero-order chi connectivity index (χ0) is 18.6. The SMILES string of the molecule is CC[C@@H](Oc1ccc(C(C)(C)C)cc1)C(=O)Nc1cccc(Cl)c1C. The van der Waals surface area contributed by atoms with Crippen LogP contribution >= 0.6 is 11.6 Å². The molecule has 0 fully saturated rings. The highest BCUT2D eigenvalue weighted by Crippen LogP contribution is 2.26. The third kappa shape index (κ3) is 4.99. The van der Waals surface area contributed by atoms with Crippen molar-refractivity contribution in [1.29, 1.82) is 0 Å². The molecule has 0 bridgehead atoms. The number of carbonyl (C=O) groups excluding carboxylic acids is 1. The molecule has 1 N–H and O–H groups in total. The van der Waals surface area contributed by atoms with E-state index in [2.05, 4.69) is 26.1 Å². The zero-order valence-electron chi connectivity index (χ0n) is 15.5. The fourth-order valence-corrected chi connectivity index (χ4v) is 2.65. The van der Waals surface area contributed by atoms with Crippen LogP contribution in [0.5, 0.6) is 5.75 Å². The minimum Gasteiger partial charge on any atom is -0.481 e. The van der Waals surface area contributed by atoms with Crippen LogP contribution < -0.4 is 10.1 Å². The summed E-state index contributed by atoms with van der Waals surface area (Å²) in [5.41, 5.74) is 2.88. The Morgan fingerprint density at radius 3 is 2.36 bits per heavy atom. The number of hydrogen-bond donors (Lipinski definition) is 1. The molecule has 0 heterocycles. The van der Waals surface area contributed by atoms with Crippen LogP contribution in [0.1, 0.15) is 45.2 Å². The highest BCUT2D eigenvalue weighted by molar-refractivity contribution is 6.31. The third-order valence-corrected chi connectivity index (χ3v) is 4.60. The van der Waals surface area contributed by atoms with Crippen LogP contribution in [0.3, 0.4) is 0 Å². The van der Waals surface area contributed by atoms with E-state index < -0.39 is 6.10 Å². The number of benzene rings is 2. The van der Waals surface area contributed by atoms with E-state index in [1.54, 1.807) is 6.07 Å². The molecular formula is C21H26ClNO2. The Bertz CT molecular complexity index is 733. The largest absolute Gasteiger partial charge is 0.481 e. The van der Waals surface area contributed by atoms with Gasteiger partial charge < -0.3 is 10.1 Å². The summed E-state index contributed by atoms with van der Waals surface area (Å²) in [6.45, 7) is 10.3. The molecule has 4 heteroatoms. The van der Waals surface area contributed by atoms with Crippen LogP contribution in [-0.2, 0) is 10.2 Å². The van der Waals surface area contributed by atoms with Crippen LogP contribution in [-0.4, -0.2) is 12.0 Å². The first kappa shape index (κ1) is 19.3. The summed E-state index contributed by atoms with van der Waals surface area (Å²) >= 11 is 6.11. The molecular weight excluding hydrogens is 334 g/mol.